The summed E-state index contributed by atoms with van der Waals surface area (Å²) >= 11 is 0. The zero-order valence-electron chi connectivity index (χ0n) is 7.21. The summed E-state index contributed by atoms with van der Waals surface area (Å²) in [6, 6.07) is 6.29. The molecule has 2 nitrogen and oxygen atoms in total. The molecule has 1 heterocycles. The first-order chi connectivity index (χ1) is 6.16. The maximum absolute atomic E-state index is 12.8. The van der Waals surface area contributed by atoms with E-state index in [4.69, 9.17) is 5.73 Å². The summed E-state index contributed by atoms with van der Waals surface area (Å²) < 4.78 is 12.8. The Hall–Kier alpha value is -1.64. The number of anilines is 1. The number of aryl methyl sites for hydroxylation is 1. The molecule has 0 atom stereocenters. The molecule has 0 saturated carbocycles. The lowest BCUT2D eigenvalue weighted by molar-refractivity contribution is 0.629. The van der Waals surface area contributed by atoms with E-state index in [1.165, 1.54) is 12.1 Å². The van der Waals surface area contributed by atoms with E-state index >= 15 is 0 Å². The predicted octanol–water partition coefficient (Wildman–Crippen LogP) is 2.26. The first-order valence-corrected chi connectivity index (χ1v) is 3.99. The number of rotatable bonds is 0. The van der Waals surface area contributed by atoms with Gasteiger partial charge in [0.1, 0.15) is 11.6 Å². The Morgan fingerprint density at radius 1 is 1.31 bits per heavy atom. The molecule has 2 rings (SSSR count). The Balaban J connectivity index is 2.81. The van der Waals surface area contributed by atoms with Crippen LogP contribution in [0.4, 0.5) is 10.2 Å². The van der Waals surface area contributed by atoms with Crippen molar-refractivity contribution < 1.29 is 4.39 Å². The van der Waals surface area contributed by atoms with Gasteiger partial charge in [-0.05, 0) is 36.8 Å². The van der Waals surface area contributed by atoms with Gasteiger partial charge in [0.2, 0.25) is 0 Å². The number of hydrogen-bond donors (Lipinski definition) is 1. The second-order valence-corrected chi connectivity index (χ2v) is 3.03. The fourth-order valence-corrected chi connectivity index (χ4v) is 1.27. The van der Waals surface area contributed by atoms with Crippen LogP contribution in [0.3, 0.4) is 0 Å². The molecule has 2 N–H and O–H groups in total. The van der Waals surface area contributed by atoms with Gasteiger partial charge in [-0.15, -0.1) is 0 Å². The second kappa shape index (κ2) is 2.69. The normalized spacial score (nSPS) is 10.6. The summed E-state index contributed by atoms with van der Waals surface area (Å²) in [6.07, 6.45) is 0. The zero-order chi connectivity index (χ0) is 9.42. The van der Waals surface area contributed by atoms with E-state index in [0.717, 1.165) is 16.5 Å². The van der Waals surface area contributed by atoms with E-state index in [0.29, 0.717) is 5.82 Å². The number of pyridine rings is 1. The molecule has 1 aromatic carbocycles. The standard InChI is InChI=1S/C10H9FN2/c1-6-4-7-5-8(11)2-3-9(7)13-10(6)12/h2-5H,1H3,(H2,12,13). The van der Waals surface area contributed by atoms with Gasteiger partial charge in [0.05, 0.1) is 5.52 Å². The zero-order valence-corrected chi connectivity index (χ0v) is 7.21. The minimum atomic E-state index is -0.251. The lowest BCUT2D eigenvalue weighted by Gasteiger charge is -2.02. The van der Waals surface area contributed by atoms with Crippen molar-refractivity contribution in [3.05, 3.63) is 35.6 Å². The van der Waals surface area contributed by atoms with Crippen LogP contribution in [0.1, 0.15) is 5.56 Å². The summed E-state index contributed by atoms with van der Waals surface area (Å²) in [5.41, 5.74) is 7.22. The maximum Gasteiger partial charge on any atom is 0.127 e. The topological polar surface area (TPSA) is 38.9 Å². The molecular weight excluding hydrogens is 167 g/mol. The van der Waals surface area contributed by atoms with Crippen molar-refractivity contribution in [1.82, 2.24) is 4.98 Å². The van der Waals surface area contributed by atoms with Crippen LogP contribution in [0.25, 0.3) is 10.9 Å². The highest BCUT2D eigenvalue weighted by Crippen LogP contribution is 2.18. The third-order valence-corrected chi connectivity index (χ3v) is 2.01. The minimum Gasteiger partial charge on any atom is -0.383 e. The van der Waals surface area contributed by atoms with Crippen LogP contribution in [0.2, 0.25) is 0 Å². The van der Waals surface area contributed by atoms with Crippen molar-refractivity contribution in [1.29, 1.82) is 0 Å². The number of nitrogens with two attached hydrogens (primary N) is 1. The van der Waals surface area contributed by atoms with E-state index < -0.39 is 0 Å². The van der Waals surface area contributed by atoms with Crippen LogP contribution in [-0.2, 0) is 0 Å². The van der Waals surface area contributed by atoms with E-state index in [-0.39, 0.29) is 5.82 Å². The lowest BCUT2D eigenvalue weighted by atomic mass is 10.1. The number of halogens is 1. The molecule has 0 amide bonds. The van der Waals surface area contributed by atoms with Gasteiger partial charge in [-0.2, -0.15) is 0 Å². The average Bonchev–Trinajstić information content (AvgIpc) is 2.08. The van der Waals surface area contributed by atoms with Gasteiger partial charge in [0, 0.05) is 5.39 Å². The van der Waals surface area contributed by atoms with Crippen LogP contribution in [-0.4, -0.2) is 4.98 Å². The van der Waals surface area contributed by atoms with Crippen LogP contribution < -0.4 is 5.73 Å². The fourth-order valence-electron chi connectivity index (χ4n) is 1.27. The summed E-state index contributed by atoms with van der Waals surface area (Å²) in [6.45, 7) is 1.85. The van der Waals surface area contributed by atoms with Gasteiger partial charge in [0.15, 0.2) is 0 Å². The number of nitrogen functional groups attached to an aromatic ring is 1. The summed E-state index contributed by atoms with van der Waals surface area (Å²) in [7, 11) is 0. The van der Waals surface area contributed by atoms with E-state index in [1.807, 2.05) is 13.0 Å². The lowest BCUT2D eigenvalue weighted by Crippen LogP contribution is -1.94. The number of nitrogens with zero attached hydrogens (tertiary/aromatic N) is 1. The van der Waals surface area contributed by atoms with Crippen molar-refractivity contribution in [2.75, 3.05) is 5.73 Å². The van der Waals surface area contributed by atoms with Gasteiger partial charge < -0.3 is 5.73 Å². The molecule has 0 aliphatic heterocycles. The summed E-state index contributed by atoms with van der Waals surface area (Å²) in [5.74, 6) is 0.248. The van der Waals surface area contributed by atoms with Gasteiger partial charge in [-0.1, -0.05) is 0 Å². The number of hydrogen-bond acceptors (Lipinski definition) is 2. The fraction of sp³-hybridized carbons (Fsp3) is 0.100. The average molecular weight is 176 g/mol. The SMILES string of the molecule is Cc1cc2cc(F)ccc2nc1N. The predicted molar refractivity (Wildman–Crippen MR) is 50.9 cm³/mol. The molecule has 3 heteroatoms. The largest absolute Gasteiger partial charge is 0.383 e. The van der Waals surface area contributed by atoms with Crippen LogP contribution in [0.5, 0.6) is 0 Å². The molecule has 0 saturated heterocycles. The molecule has 0 fully saturated rings. The Kier molecular flexibility index (Phi) is 1.65. The molecule has 0 bridgehead atoms. The number of aromatic nitrogens is 1. The van der Waals surface area contributed by atoms with Crippen molar-refractivity contribution in [3.63, 3.8) is 0 Å². The quantitative estimate of drug-likeness (QED) is 0.668. The Labute approximate surface area is 75.2 Å². The van der Waals surface area contributed by atoms with Crippen LogP contribution in [0.15, 0.2) is 24.3 Å². The first-order valence-electron chi connectivity index (χ1n) is 3.99. The van der Waals surface area contributed by atoms with Gasteiger partial charge in [-0.25, -0.2) is 9.37 Å². The molecule has 0 unspecified atom stereocenters. The highest BCUT2D eigenvalue weighted by Gasteiger charge is 2.00. The Morgan fingerprint density at radius 3 is 2.85 bits per heavy atom. The van der Waals surface area contributed by atoms with Crippen molar-refractivity contribution >= 4 is 16.7 Å². The van der Waals surface area contributed by atoms with Crippen molar-refractivity contribution in [3.8, 4) is 0 Å². The van der Waals surface area contributed by atoms with Crippen LogP contribution in [0, 0.1) is 12.7 Å². The summed E-state index contributed by atoms with van der Waals surface area (Å²) in [4.78, 5) is 4.13. The highest BCUT2D eigenvalue weighted by atomic mass is 19.1. The third-order valence-electron chi connectivity index (χ3n) is 2.01. The van der Waals surface area contributed by atoms with Gasteiger partial charge in [0.25, 0.3) is 0 Å². The van der Waals surface area contributed by atoms with E-state index in [1.54, 1.807) is 6.07 Å². The number of benzene rings is 1. The molecule has 66 valence electrons. The molecule has 0 radical (unpaired) electrons. The molecule has 13 heavy (non-hydrogen) atoms. The number of fused-ring (bicyclic) bond motifs is 1. The molecule has 1 aromatic heterocycles. The highest BCUT2D eigenvalue weighted by molar-refractivity contribution is 5.81. The molecule has 0 aliphatic carbocycles. The van der Waals surface area contributed by atoms with Crippen LogP contribution >= 0.6 is 0 Å². The van der Waals surface area contributed by atoms with Gasteiger partial charge in [-0.3, -0.25) is 0 Å². The smallest absolute Gasteiger partial charge is 0.127 e. The minimum absolute atomic E-state index is 0.251. The Morgan fingerprint density at radius 2 is 2.08 bits per heavy atom. The maximum atomic E-state index is 12.8. The molecule has 2 aromatic rings. The van der Waals surface area contributed by atoms with Crippen molar-refractivity contribution in [2.45, 2.75) is 6.92 Å². The molecule has 0 spiro atoms. The van der Waals surface area contributed by atoms with Gasteiger partial charge >= 0.3 is 0 Å². The second-order valence-electron chi connectivity index (χ2n) is 3.03. The van der Waals surface area contributed by atoms with Crippen molar-refractivity contribution in [2.24, 2.45) is 0 Å². The van der Waals surface area contributed by atoms with E-state index in [2.05, 4.69) is 4.98 Å². The summed E-state index contributed by atoms with van der Waals surface area (Å²) in [5, 5.41) is 0.784. The van der Waals surface area contributed by atoms with E-state index in [9.17, 15) is 4.39 Å². The monoisotopic (exact) mass is 176 g/mol. The Bertz CT molecular complexity index is 466. The first kappa shape index (κ1) is 7.98. The molecular formula is C10H9FN2. The third kappa shape index (κ3) is 1.33. The molecule has 0 aliphatic rings.